The molecule has 5 rings (SSSR count). The molecule has 0 aliphatic carbocycles. The molecule has 1 aliphatic heterocycles. The van der Waals surface area contributed by atoms with Crippen LogP contribution in [0.3, 0.4) is 0 Å². The van der Waals surface area contributed by atoms with E-state index in [1.807, 2.05) is 11.8 Å². The Bertz CT molecular complexity index is 1200. The van der Waals surface area contributed by atoms with Crippen molar-refractivity contribution in [3.63, 3.8) is 0 Å². The molecular weight excluding hydrogens is 422 g/mol. The quantitative estimate of drug-likeness (QED) is 0.309. The molecule has 0 N–H and O–H groups in total. The molecule has 166 valence electrons. The molecule has 4 aromatic rings. The van der Waals surface area contributed by atoms with E-state index in [4.69, 9.17) is 4.98 Å². The van der Waals surface area contributed by atoms with E-state index >= 15 is 0 Å². The highest BCUT2D eigenvalue weighted by Gasteiger charge is 2.37. The number of imidazole rings is 1. The molecule has 0 bridgehead atoms. The average molecular weight is 452 g/mol. The van der Waals surface area contributed by atoms with Crippen LogP contribution in [0.4, 0.5) is 0 Å². The maximum Gasteiger partial charge on any atom is 0.132 e. The van der Waals surface area contributed by atoms with Gasteiger partial charge in [-0.2, -0.15) is 11.8 Å². The third-order valence-corrected chi connectivity index (χ3v) is 6.97. The van der Waals surface area contributed by atoms with Crippen molar-refractivity contribution in [1.29, 1.82) is 0 Å². The molecule has 0 fully saturated rings. The molecule has 2 unspecified atom stereocenters. The summed E-state index contributed by atoms with van der Waals surface area (Å²) in [6.07, 6.45) is 5.27. The van der Waals surface area contributed by atoms with E-state index in [0.29, 0.717) is 0 Å². The van der Waals surface area contributed by atoms with E-state index in [1.54, 1.807) is 0 Å². The van der Waals surface area contributed by atoms with Crippen LogP contribution >= 0.6 is 11.8 Å². The predicted octanol–water partition coefficient (Wildman–Crippen LogP) is 6.77. The van der Waals surface area contributed by atoms with Gasteiger partial charge in [-0.25, -0.2) is 4.98 Å². The van der Waals surface area contributed by atoms with Gasteiger partial charge in [-0.1, -0.05) is 97.6 Å². The number of thioether (sulfide) groups is 1. The fourth-order valence-corrected chi connectivity index (χ4v) is 5.34. The Kier molecular flexibility index (Phi) is 6.36. The molecule has 1 aromatic heterocycles. The van der Waals surface area contributed by atoms with Gasteiger partial charge in [0.1, 0.15) is 5.82 Å². The third-order valence-electron chi connectivity index (χ3n) is 6.35. The zero-order valence-electron chi connectivity index (χ0n) is 19.0. The van der Waals surface area contributed by atoms with Crippen LogP contribution in [0.1, 0.15) is 29.0 Å². The molecule has 3 nitrogen and oxygen atoms in total. The summed E-state index contributed by atoms with van der Waals surface area (Å²) in [5.74, 6) is 2.02. The standard InChI is InChI=1S/C29H29N3S/c1-22(21-33-2)32-27(18-23-12-6-3-7-13-23)29-30-26(24-14-8-4-9-15-24)19-31(29)20-28(32)25-16-10-5-11-17-25/h3-17,19,27-28H,1,18,20-21H2,2H3. The van der Waals surface area contributed by atoms with Crippen LogP contribution in [0.5, 0.6) is 0 Å². The highest BCUT2D eigenvalue weighted by molar-refractivity contribution is 7.98. The minimum Gasteiger partial charge on any atom is -0.355 e. The molecule has 0 saturated heterocycles. The highest BCUT2D eigenvalue weighted by Crippen LogP contribution is 2.42. The van der Waals surface area contributed by atoms with Crippen molar-refractivity contribution in [1.82, 2.24) is 14.5 Å². The van der Waals surface area contributed by atoms with Crippen molar-refractivity contribution in [2.45, 2.75) is 25.0 Å². The van der Waals surface area contributed by atoms with Crippen LogP contribution in [0, 0.1) is 0 Å². The highest BCUT2D eigenvalue weighted by atomic mass is 32.2. The van der Waals surface area contributed by atoms with Gasteiger partial charge < -0.3 is 9.47 Å². The third kappa shape index (κ3) is 4.49. The molecule has 33 heavy (non-hydrogen) atoms. The van der Waals surface area contributed by atoms with Crippen LogP contribution in [-0.4, -0.2) is 26.5 Å². The lowest BCUT2D eigenvalue weighted by Crippen LogP contribution is -2.41. The van der Waals surface area contributed by atoms with E-state index < -0.39 is 0 Å². The van der Waals surface area contributed by atoms with E-state index in [0.717, 1.165) is 41.5 Å². The largest absolute Gasteiger partial charge is 0.355 e. The summed E-state index contributed by atoms with van der Waals surface area (Å²) in [5.41, 5.74) is 5.98. The fraction of sp³-hybridized carbons (Fsp3) is 0.207. The first-order valence-electron chi connectivity index (χ1n) is 11.4. The van der Waals surface area contributed by atoms with E-state index in [9.17, 15) is 0 Å². The van der Waals surface area contributed by atoms with Gasteiger partial charge in [0.15, 0.2) is 0 Å². The summed E-state index contributed by atoms with van der Waals surface area (Å²) in [5, 5.41) is 0. The minimum atomic E-state index is 0.114. The molecule has 0 radical (unpaired) electrons. The van der Waals surface area contributed by atoms with Gasteiger partial charge in [-0.05, 0) is 17.4 Å². The summed E-state index contributed by atoms with van der Waals surface area (Å²) in [4.78, 5) is 7.73. The van der Waals surface area contributed by atoms with Crippen LogP contribution in [0.25, 0.3) is 11.3 Å². The molecule has 4 heteroatoms. The molecule has 2 heterocycles. The minimum absolute atomic E-state index is 0.114. The second kappa shape index (κ2) is 9.72. The summed E-state index contributed by atoms with van der Waals surface area (Å²) >= 11 is 1.82. The number of fused-ring (bicyclic) bond motifs is 1. The lowest BCUT2D eigenvalue weighted by molar-refractivity contribution is 0.127. The Morgan fingerprint density at radius 1 is 0.939 bits per heavy atom. The molecule has 0 spiro atoms. The van der Waals surface area contributed by atoms with Gasteiger partial charge >= 0.3 is 0 Å². The lowest BCUT2D eigenvalue weighted by Gasteiger charge is -2.45. The zero-order valence-corrected chi connectivity index (χ0v) is 19.8. The van der Waals surface area contributed by atoms with Crippen molar-refractivity contribution in [3.8, 4) is 11.3 Å². The molecule has 2 atom stereocenters. The summed E-state index contributed by atoms with van der Waals surface area (Å²) < 4.78 is 2.37. The Morgan fingerprint density at radius 2 is 1.58 bits per heavy atom. The van der Waals surface area contributed by atoms with Crippen molar-refractivity contribution in [3.05, 3.63) is 126 Å². The molecule has 0 saturated carbocycles. The van der Waals surface area contributed by atoms with Gasteiger partial charge in [0.25, 0.3) is 0 Å². The van der Waals surface area contributed by atoms with E-state index in [2.05, 4.69) is 119 Å². The summed E-state index contributed by atoms with van der Waals surface area (Å²) in [6, 6.07) is 32.4. The van der Waals surface area contributed by atoms with E-state index in [1.165, 1.54) is 11.1 Å². The molecular formula is C29H29N3S. The first kappa shape index (κ1) is 21.6. The Morgan fingerprint density at radius 3 is 2.24 bits per heavy atom. The van der Waals surface area contributed by atoms with Gasteiger partial charge in [0, 0.05) is 36.2 Å². The van der Waals surface area contributed by atoms with Crippen LogP contribution in [0.15, 0.2) is 109 Å². The monoisotopic (exact) mass is 451 g/mol. The van der Waals surface area contributed by atoms with Crippen LogP contribution < -0.4 is 0 Å². The van der Waals surface area contributed by atoms with Gasteiger partial charge in [-0.3, -0.25) is 0 Å². The lowest BCUT2D eigenvalue weighted by atomic mass is 9.95. The zero-order chi connectivity index (χ0) is 22.6. The van der Waals surface area contributed by atoms with Crippen LogP contribution in [-0.2, 0) is 13.0 Å². The van der Waals surface area contributed by atoms with E-state index in [-0.39, 0.29) is 12.1 Å². The Labute approximate surface area is 200 Å². The summed E-state index contributed by atoms with van der Waals surface area (Å²) in [6.45, 7) is 5.40. The average Bonchev–Trinajstić information content (AvgIpc) is 3.30. The molecule has 1 aliphatic rings. The topological polar surface area (TPSA) is 21.1 Å². The number of aromatic nitrogens is 2. The van der Waals surface area contributed by atoms with Crippen molar-refractivity contribution < 1.29 is 0 Å². The van der Waals surface area contributed by atoms with Crippen molar-refractivity contribution in [2.24, 2.45) is 0 Å². The molecule has 3 aromatic carbocycles. The number of nitrogens with zero attached hydrogens (tertiary/aromatic N) is 3. The second-order valence-electron chi connectivity index (χ2n) is 8.54. The SMILES string of the molecule is C=C(CSC)N1C(c2ccccc2)Cn2cc(-c3ccccc3)nc2C1Cc1ccccc1. The smallest absolute Gasteiger partial charge is 0.132 e. The maximum atomic E-state index is 5.19. The predicted molar refractivity (Wildman–Crippen MR) is 139 cm³/mol. The Hall–Kier alpha value is -3.24. The summed E-state index contributed by atoms with van der Waals surface area (Å²) in [7, 11) is 0. The number of benzene rings is 3. The first-order valence-corrected chi connectivity index (χ1v) is 12.8. The van der Waals surface area contributed by atoms with Crippen LogP contribution in [0.2, 0.25) is 0 Å². The normalized spacial score (nSPS) is 17.5. The maximum absolute atomic E-state index is 5.19. The molecule has 0 amide bonds. The Balaban J connectivity index is 1.64. The first-order chi connectivity index (χ1) is 16.2. The number of hydrogen-bond acceptors (Lipinski definition) is 3. The van der Waals surface area contributed by atoms with Gasteiger partial charge in [-0.15, -0.1) is 0 Å². The van der Waals surface area contributed by atoms with Gasteiger partial charge in [0.2, 0.25) is 0 Å². The fourth-order valence-electron chi connectivity index (χ4n) is 4.86. The number of hydrogen-bond donors (Lipinski definition) is 0. The van der Waals surface area contributed by atoms with Gasteiger partial charge in [0.05, 0.1) is 17.8 Å². The van der Waals surface area contributed by atoms with Crippen molar-refractivity contribution >= 4 is 11.8 Å². The van der Waals surface area contributed by atoms with Crippen molar-refractivity contribution in [2.75, 3.05) is 12.0 Å². The second-order valence-corrected chi connectivity index (χ2v) is 9.41. The number of rotatable bonds is 7.